The lowest BCUT2D eigenvalue weighted by molar-refractivity contribution is -0.116. The van der Waals surface area contributed by atoms with Crippen molar-refractivity contribution in [3.8, 4) is 0 Å². The second-order valence-electron chi connectivity index (χ2n) is 4.39. The number of carbonyl (C=O) groups excluding carboxylic acids is 1. The minimum absolute atomic E-state index is 0.0672. The van der Waals surface area contributed by atoms with Crippen molar-refractivity contribution in [2.45, 2.75) is 5.92 Å². The fourth-order valence-corrected chi connectivity index (χ4v) is 2.50. The number of nitrogens with zero attached hydrogens (tertiary/aromatic N) is 3. The molecule has 19 heavy (non-hydrogen) atoms. The Morgan fingerprint density at radius 1 is 1.16 bits per heavy atom. The fourth-order valence-electron chi connectivity index (χ4n) is 2.50. The average molecular weight is 251 g/mol. The summed E-state index contributed by atoms with van der Waals surface area (Å²) in [4.78, 5) is 20.5. The maximum absolute atomic E-state index is 12.2. The number of aromatic amines is 1. The number of para-hydroxylation sites is 1. The van der Waals surface area contributed by atoms with Crippen LogP contribution in [0.2, 0.25) is 0 Å². The lowest BCUT2D eigenvalue weighted by Crippen LogP contribution is -2.14. The van der Waals surface area contributed by atoms with Crippen LogP contribution in [0.5, 0.6) is 0 Å². The van der Waals surface area contributed by atoms with Crippen LogP contribution < -0.4 is 5.32 Å². The molecule has 2 N–H and O–H groups in total. The summed E-state index contributed by atoms with van der Waals surface area (Å²) in [6.07, 6.45) is 3.16. The number of hydrogen-bond acceptors (Lipinski definition) is 4. The Morgan fingerprint density at radius 2 is 2.05 bits per heavy atom. The zero-order chi connectivity index (χ0) is 12.8. The van der Waals surface area contributed by atoms with Crippen LogP contribution in [-0.2, 0) is 4.79 Å². The van der Waals surface area contributed by atoms with E-state index < -0.39 is 5.92 Å². The second kappa shape index (κ2) is 3.61. The van der Waals surface area contributed by atoms with E-state index in [2.05, 4.69) is 25.5 Å². The molecule has 0 saturated carbocycles. The van der Waals surface area contributed by atoms with Crippen LogP contribution in [-0.4, -0.2) is 26.1 Å². The first-order valence-corrected chi connectivity index (χ1v) is 5.89. The largest absolute Gasteiger partial charge is 0.325 e. The molecule has 1 unspecified atom stereocenters. The van der Waals surface area contributed by atoms with Crippen molar-refractivity contribution in [2.75, 3.05) is 5.32 Å². The number of anilines is 1. The van der Waals surface area contributed by atoms with Crippen molar-refractivity contribution in [3.05, 3.63) is 48.0 Å². The normalized spacial score (nSPS) is 17.5. The monoisotopic (exact) mass is 251 g/mol. The summed E-state index contributed by atoms with van der Waals surface area (Å²) < 4.78 is 0. The molecule has 0 aliphatic carbocycles. The van der Waals surface area contributed by atoms with Gasteiger partial charge in [-0.15, -0.1) is 0 Å². The highest BCUT2D eigenvalue weighted by molar-refractivity contribution is 6.06. The van der Waals surface area contributed by atoms with Crippen LogP contribution in [0.4, 0.5) is 5.69 Å². The molecule has 4 rings (SSSR count). The summed E-state index contributed by atoms with van der Waals surface area (Å²) >= 11 is 0. The van der Waals surface area contributed by atoms with E-state index in [0.717, 1.165) is 16.6 Å². The van der Waals surface area contributed by atoms with Gasteiger partial charge in [0.05, 0.1) is 11.1 Å². The number of H-pyrrole nitrogens is 1. The van der Waals surface area contributed by atoms with Crippen molar-refractivity contribution in [1.29, 1.82) is 0 Å². The fraction of sp³-hybridized carbons (Fsp3) is 0.0769. The molecule has 1 amide bonds. The summed E-state index contributed by atoms with van der Waals surface area (Å²) in [6, 6.07) is 7.64. The lowest BCUT2D eigenvalue weighted by atomic mass is 9.95. The minimum Gasteiger partial charge on any atom is -0.325 e. The highest BCUT2D eigenvalue weighted by Gasteiger charge is 2.34. The molecule has 0 bridgehead atoms. The Hall–Kier alpha value is -2.76. The van der Waals surface area contributed by atoms with E-state index in [1.54, 1.807) is 6.20 Å². The molecule has 2 aromatic heterocycles. The van der Waals surface area contributed by atoms with Crippen molar-refractivity contribution < 1.29 is 4.79 Å². The van der Waals surface area contributed by atoms with Gasteiger partial charge in [0.15, 0.2) is 5.65 Å². The van der Waals surface area contributed by atoms with E-state index in [-0.39, 0.29) is 5.91 Å². The predicted molar refractivity (Wildman–Crippen MR) is 68.6 cm³/mol. The van der Waals surface area contributed by atoms with Gasteiger partial charge in [-0.05, 0) is 11.6 Å². The van der Waals surface area contributed by atoms with Crippen LogP contribution in [0, 0.1) is 0 Å². The smallest absolute Gasteiger partial charge is 0.238 e. The van der Waals surface area contributed by atoms with Gasteiger partial charge in [0.2, 0.25) is 5.91 Å². The Balaban J connectivity index is 1.98. The van der Waals surface area contributed by atoms with Gasteiger partial charge in [-0.1, -0.05) is 18.2 Å². The molecule has 0 spiro atoms. The van der Waals surface area contributed by atoms with E-state index in [0.29, 0.717) is 11.3 Å². The summed E-state index contributed by atoms with van der Waals surface area (Å²) in [5.41, 5.74) is 3.03. The lowest BCUT2D eigenvalue weighted by Gasteiger charge is -2.08. The maximum atomic E-state index is 12.2. The van der Waals surface area contributed by atoms with E-state index >= 15 is 0 Å². The van der Waals surface area contributed by atoms with Crippen molar-refractivity contribution in [1.82, 2.24) is 20.2 Å². The summed E-state index contributed by atoms with van der Waals surface area (Å²) in [7, 11) is 0. The molecule has 6 heteroatoms. The molecule has 0 fully saturated rings. The quantitative estimate of drug-likeness (QED) is 0.685. The van der Waals surface area contributed by atoms with Gasteiger partial charge < -0.3 is 5.32 Å². The van der Waals surface area contributed by atoms with E-state index in [4.69, 9.17) is 0 Å². The number of nitrogens with one attached hydrogen (secondary N) is 2. The molecule has 3 heterocycles. The molecule has 3 aromatic rings. The highest BCUT2D eigenvalue weighted by atomic mass is 16.2. The molecule has 0 radical (unpaired) electrons. The van der Waals surface area contributed by atoms with Gasteiger partial charge >= 0.3 is 0 Å². The zero-order valence-corrected chi connectivity index (χ0v) is 9.79. The molecule has 1 aromatic carbocycles. The van der Waals surface area contributed by atoms with Gasteiger partial charge in [-0.2, -0.15) is 5.10 Å². The van der Waals surface area contributed by atoms with Crippen LogP contribution in [0.1, 0.15) is 17.2 Å². The van der Waals surface area contributed by atoms with Gasteiger partial charge in [0, 0.05) is 11.9 Å². The van der Waals surface area contributed by atoms with Crippen LogP contribution in [0.25, 0.3) is 11.0 Å². The van der Waals surface area contributed by atoms with Crippen molar-refractivity contribution in [3.63, 3.8) is 0 Å². The molecule has 92 valence electrons. The van der Waals surface area contributed by atoms with Gasteiger partial charge in [-0.3, -0.25) is 9.89 Å². The van der Waals surface area contributed by atoms with E-state index in [1.165, 1.54) is 6.33 Å². The first-order valence-electron chi connectivity index (χ1n) is 5.89. The van der Waals surface area contributed by atoms with Crippen molar-refractivity contribution in [2.24, 2.45) is 0 Å². The highest BCUT2D eigenvalue weighted by Crippen LogP contribution is 2.37. The maximum Gasteiger partial charge on any atom is 0.238 e. The van der Waals surface area contributed by atoms with Gasteiger partial charge in [0.1, 0.15) is 12.2 Å². The number of rotatable bonds is 1. The molecular weight excluding hydrogens is 242 g/mol. The summed E-state index contributed by atoms with van der Waals surface area (Å²) in [6.45, 7) is 0. The third-order valence-corrected chi connectivity index (χ3v) is 3.34. The Labute approximate surface area is 107 Å². The Kier molecular flexibility index (Phi) is 1.94. The number of carbonyl (C=O) groups is 1. The SMILES string of the molecule is O=C1Nc2ccccc2C1c1ncnc2n[nH]cc12. The summed E-state index contributed by atoms with van der Waals surface area (Å²) in [5.74, 6) is -0.471. The first-order chi connectivity index (χ1) is 9.34. The minimum atomic E-state index is -0.403. The van der Waals surface area contributed by atoms with Gasteiger partial charge in [-0.25, -0.2) is 9.97 Å². The Morgan fingerprint density at radius 3 is 3.00 bits per heavy atom. The standard InChI is InChI=1S/C13H9N5O/c19-13-10(7-3-1-2-4-9(7)17-13)11-8-5-16-18-12(8)15-6-14-11/h1-6,10H,(H,17,19)(H,14,15,16,18). The van der Waals surface area contributed by atoms with E-state index in [9.17, 15) is 4.79 Å². The summed E-state index contributed by atoms with van der Waals surface area (Å²) in [5, 5.41) is 10.4. The van der Waals surface area contributed by atoms with Gasteiger partial charge in [0.25, 0.3) is 0 Å². The third-order valence-electron chi connectivity index (χ3n) is 3.34. The Bertz CT molecular complexity index is 794. The van der Waals surface area contributed by atoms with Crippen LogP contribution in [0.3, 0.4) is 0 Å². The number of amides is 1. The molecule has 1 aliphatic rings. The molecule has 0 saturated heterocycles. The zero-order valence-electron chi connectivity index (χ0n) is 9.79. The predicted octanol–water partition coefficient (Wildman–Crippen LogP) is 1.44. The molecule has 6 nitrogen and oxygen atoms in total. The number of benzene rings is 1. The molecule has 1 aliphatic heterocycles. The van der Waals surface area contributed by atoms with E-state index in [1.807, 2.05) is 24.3 Å². The topological polar surface area (TPSA) is 83.6 Å². The van der Waals surface area contributed by atoms with Crippen molar-refractivity contribution >= 4 is 22.6 Å². The number of hydrogen-bond donors (Lipinski definition) is 2. The molecular formula is C13H9N5O. The van der Waals surface area contributed by atoms with Crippen LogP contribution in [0.15, 0.2) is 36.8 Å². The first kappa shape index (κ1) is 10.2. The second-order valence-corrected chi connectivity index (χ2v) is 4.39. The number of aromatic nitrogens is 4. The molecule has 1 atom stereocenters. The third kappa shape index (κ3) is 1.36. The number of fused-ring (bicyclic) bond motifs is 2. The average Bonchev–Trinajstić information content (AvgIpc) is 3.01. The van der Waals surface area contributed by atoms with Crippen LogP contribution >= 0.6 is 0 Å².